The van der Waals surface area contributed by atoms with E-state index in [9.17, 15) is 4.79 Å². The normalized spacial score (nSPS) is 15.6. The van der Waals surface area contributed by atoms with Crippen LogP contribution in [0.25, 0.3) is 33.2 Å². The lowest BCUT2D eigenvalue weighted by molar-refractivity contribution is 0.0477. The lowest BCUT2D eigenvalue weighted by atomic mass is 10.0. The first-order valence-corrected chi connectivity index (χ1v) is 11.8. The number of para-hydroxylation sites is 1. The van der Waals surface area contributed by atoms with E-state index in [0.29, 0.717) is 0 Å². The molecular formula is C27H30N4O3. The number of fused-ring (bicyclic) bond motifs is 2. The lowest BCUT2D eigenvalue weighted by Gasteiger charge is -2.32. The summed E-state index contributed by atoms with van der Waals surface area (Å²) >= 11 is 0. The molecule has 0 radical (unpaired) electrons. The highest BCUT2D eigenvalue weighted by molar-refractivity contribution is 5.95. The zero-order chi connectivity index (χ0) is 23.7. The minimum Gasteiger partial charge on any atom is -0.456 e. The molecule has 34 heavy (non-hydrogen) atoms. The summed E-state index contributed by atoms with van der Waals surface area (Å²) in [4.78, 5) is 14.5. The lowest BCUT2D eigenvalue weighted by Crippen LogP contribution is -2.45. The fraction of sp³-hybridized carbons (Fsp3) is 0.370. The van der Waals surface area contributed by atoms with E-state index in [4.69, 9.17) is 9.15 Å². The van der Waals surface area contributed by atoms with Crippen LogP contribution in [0.15, 0.2) is 59.1 Å². The summed E-state index contributed by atoms with van der Waals surface area (Å²) in [6.07, 6.45) is 3.25. The van der Waals surface area contributed by atoms with Crippen LogP contribution < -0.4 is 5.32 Å². The van der Waals surface area contributed by atoms with E-state index in [-0.39, 0.29) is 12.1 Å². The molecule has 176 valence electrons. The fourth-order valence-electron chi connectivity index (χ4n) is 4.48. The molecule has 1 saturated heterocycles. The second kappa shape index (κ2) is 9.06. The molecule has 2 aromatic heterocycles. The number of likely N-dealkylation sites (tertiary alicyclic amines) is 1. The Kier molecular flexibility index (Phi) is 5.96. The molecule has 1 N–H and O–H groups in total. The van der Waals surface area contributed by atoms with Gasteiger partial charge in [0.2, 0.25) is 0 Å². The van der Waals surface area contributed by atoms with Crippen molar-refractivity contribution < 1.29 is 13.9 Å². The highest BCUT2D eigenvalue weighted by Gasteiger charge is 2.24. The highest BCUT2D eigenvalue weighted by Crippen LogP contribution is 2.32. The number of amides is 1. The number of benzene rings is 2. The number of nitrogens with one attached hydrogen (secondary N) is 1. The monoisotopic (exact) mass is 458 g/mol. The molecule has 5 rings (SSSR count). The van der Waals surface area contributed by atoms with Gasteiger partial charge in [-0.1, -0.05) is 24.3 Å². The molecule has 0 unspecified atom stereocenters. The van der Waals surface area contributed by atoms with Crippen LogP contribution in [-0.2, 0) is 11.3 Å². The largest absolute Gasteiger partial charge is 0.456 e. The summed E-state index contributed by atoms with van der Waals surface area (Å²) in [5.74, 6) is 0.798. The van der Waals surface area contributed by atoms with Gasteiger partial charge in [-0.2, -0.15) is 10.2 Å². The van der Waals surface area contributed by atoms with E-state index in [1.165, 1.54) is 5.56 Å². The number of hydrogen-bond acceptors (Lipinski definition) is 6. The third kappa shape index (κ3) is 5.04. The summed E-state index contributed by atoms with van der Waals surface area (Å²) in [5.41, 5.74) is 3.40. The summed E-state index contributed by atoms with van der Waals surface area (Å²) in [6.45, 7) is 8.32. The Morgan fingerprint density at radius 2 is 1.94 bits per heavy atom. The molecule has 0 aliphatic carbocycles. The number of aromatic nitrogens is 2. The van der Waals surface area contributed by atoms with Crippen LogP contribution in [0.4, 0.5) is 4.79 Å². The minimum absolute atomic E-state index is 0.151. The summed E-state index contributed by atoms with van der Waals surface area (Å²) in [5, 5.41) is 13.6. The number of furan rings is 1. The van der Waals surface area contributed by atoms with Crippen molar-refractivity contribution in [3.63, 3.8) is 0 Å². The number of piperidine rings is 1. The number of rotatable bonds is 4. The highest BCUT2D eigenvalue weighted by atomic mass is 16.6. The van der Waals surface area contributed by atoms with Gasteiger partial charge in [0.25, 0.3) is 0 Å². The Labute approximate surface area is 199 Å². The standard InChI is InChI=1S/C27H30N4O3/c1-27(2,3)34-26(32)29-20-10-12-31(13-11-20)17-18-8-9-23-21(14-18)22(16-28-30-23)25-15-19-6-4-5-7-24(19)33-25/h4-9,14-16,20H,10-13,17H2,1-3H3,(H,29,32). The quantitative estimate of drug-likeness (QED) is 0.433. The zero-order valence-corrected chi connectivity index (χ0v) is 19.9. The van der Waals surface area contributed by atoms with Gasteiger partial charge in [0.1, 0.15) is 16.9 Å². The Morgan fingerprint density at radius 3 is 2.71 bits per heavy atom. The maximum Gasteiger partial charge on any atom is 0.407 e. The van der Waals surface area contributed by atoms with Crippen LogP contribution in [0.3, 0.4) is 0 Å². The van der Waals surface area contributed by atoms with Gasteiger partial charge in [-0.05, 0) is 63.4 Å². The molecule has 0 saturated carbocycles. The van der Waals surface area contributed by atoms with Gasteiger partial charge in [0.05, 0.1) is 11.7 Å². The topological polar surface area (TPSA) is 80.5 Å². The van der Waals surface area contributed by atoms with Gasteiger partial charge in [-0.25, -0.2) is 4.79 Å². The number of hydrogen-bond donors (Lipinski definition) is 1. The summed E-state index contributed by atoms with van der Waals surface area (Å²) in [7, 11) is 0. The van der Waals surface area contributed by atoms with Crippen molar-refractivity contribution in [3.05, 3.63) is 60.3 Å². The summed E-state index contributed by atoms with van der Waals surface area (Å²) < 4.78 is 11.5. The molecule has 1 aliphatic rings. The van der Waals surface area contributed by atoms with E-state index in [1.807, 2.05) is 51.1 Å². The molecule has 0 atom stereocenters. The van der Waals surface area contributed by atoms with E-state index < -0.39 is 5.60 Å². The third-order valence-electron chi connectivity index (χ3n) is 6.11. The van der Waals surface area contributed by atoms with Crippen molar-refractivity contribution in [3.8, 4) is 11.3 Å². The van der Waals surface area contributed by atoms with E-state index in [2.05, 4.69) is 38.6 Å². The molecule has 2 aromatic carbocycles. The first-order chi connectivity index (χ1) is 16.3. The smallest absolute Gasteiger partial charge is 0.407 e. The number of ether oxygens (including phenoxy) is 1. The van der Waals surface area contributed by atoms with Crippen molar-refractivity contribution >= 4 is 28.0 Å². The van der Waals surface area contributed by atoms with E-state index in [1.54, 1.807) is 6.20 Å². The molecule has 1 fully saturated rings. The fourth-order valence-corrected chi connectivity index (χ4v) is 4.48. The average Bonchev–Trinajstić information content (AvgIpc) is 3.23. The van der Waals surface area contributed by atoms with Crippen LogP contribution in [0.5, 0.6) is 0 Å². The molecule has 0 bridgehead atoms. The van der Waals surface area contributed by atoms with Crippen molar-refractivity contribution in [2.45, 2.75) is 51.8 Å². The Hall–Kier alpha value is -3.45. The number of alkyl carbamates (subject to hydrolysis) is 1. The summed E-state index contributed by atoms with van der Waals surface area (Å²) in [6, 6.07) is 16.5. The molecule has 0 spiro atoms. The molecule has 1 aliphatic heterocycles. The van der Waals surface area contributed by atoms with Crippen LogP contribution in [0.2, 0.25) is 0 Å². The average molecular weight is 459 g/mol. The molecular weight excluding hydrogens is 428 g/mol. The first kappa shape index (κ1) is 22.3. The Balaban J connectivity index is 1.28. The molecule has 7 nitrogen and oxygen atoms in total. The van der Waals surface area contributed by atoms with Crippen LogP contribution in [-0.4, -0.2) is 45.9 Å². The predicted molar refractivity (Wildman–Crippen MR) is 132 cm³/mol. The number of carbonyl (C=O) groups excluding carboxylic acids is 1. The van der Waals surface area contributed by atoms with Gasteiger partial charge in [0, 0.05) is 42.0 Å². The van der Waals surface area contributed by atoms with Crippen molar-refractivity contribution in [2.75, 3.05) is 13.1 Å². The van der Waals surface area contributed by atoms with Crippen molar-refractivity contribution in [2.24, 2.45) is 0 Å². The molecule has 1 amide bonds. The minimum atomic E-state index is -0.480. The SMILES string of the molecule is CC(C)(C)OC(=O)NC1CCN(Cc2ccc3nncc(-c4cc5ccccc5o4)c3c2)CC1. The van der Waals surface area contributed by atoms with Gasteiger partial charge >= 0.3 is 6.09 Å². The Bertz CT molecular complexity index is 1280. The van der Waals surface area contributed by atoms with Crippen LogP contribution in [0, 0.1) is 0 Å². The van der Waals surface area contributed by atoms with Gasteiger partial charge in [-0.15, -0.1) is 0 Å². The Morgan fingerprint density at radius 1 is 1.15 bits per heavy atom. The third-order valence-corrected chi connectivity index (χ3v) is 6.11. The molecule has 7 heteroatoms. The van der Waals surface area contributed by atoms with Gasteiger partial charge < -0.3 is 14.5 Å². The second-order valence-electron chi connectivity index (χ2n) is 9.95. The van der Waals surface area contributed by atoms with Gasteiger partial charge in [0.15, 0.2) is 0 Å². The maximum atomic E-state index is 12.1. The maximum absolute atomic E-state index is 12.1. The van der Waals surface area contributed by atoms with Gasteiger partial charge in [-0.3, -0.25) is 4.90 Å². The molecule has 3 heterocycles. The van der Waals surface area contributed by atoms with Crippen LogP contribution in [0.1, 0.15) is 39.2 Å². The molecule has 4 aromatic rings. The van der Waals surface area contributed by atoms with Crippen molar-refractivity contribution in [1.29, 1.82) is 0 Å². The van der Waals surface area contributed by atoms with Crippen molar-refractivity contribution in [1.82, 2.24) is 20.4 Å². The number of carbonyl (C=O) groups is 1. The number of nitrogens with zero attached hydrogens (tertiary/aromatic N) is 3. The van der Waals surface area contributed by atoms with Crippen LogP contribution >= 0.6 is 0 Å². The first-order valence-electron chi connectivity index (χ1n) is 11.8. The van der Waals surface area contributed by atoms with E-state index >= 15 is 0 Å². The second-order valence-corrected chi connectivity index (χ2v) is 9.95. The zero-order valence-electron chi connectivity index (χ0n) is 19.9. The van der Waals surface area contributed by atoms with E-state index in [0.717, 1.165) is 65.7 Å². The predicted octanol–water partition coefficient (Wildman–Crippen LogP) is 5.53.